The van der Waals surface area contributed by atoms with Crippen molar-refractivity contribution in [3.8, 4) is 11.5 Å². The summed E-state index contributed by atoms with van der Waals surface area (Å²) in [6, 6.07) is 17.9. The first-order chi connectivity index (χ1) is 13.9. The number of carbonyl (C=O) groups excluding carboxylic acids is 1. The molecule has 0 saturated carbocycles. The van der Waals surface area contributed by atoms with E-state index in [-0.39, 0.29) is 6.09 Å². The molecule has 29 heavy (non-hydrogen) atoms. The Hall–Kier alpha value is -2.69. The van der Waals surface area contributed by atoms with Gasteiger partial charge in [0.15, 0.2) is 0 Å². The first-order valence-electron chi connectivity index (χ1n) is 10.3. The summed E-state index contributed by atoms with van der Waals surface area (Å²) in [7, 11) is 0. The van der Waals surface area contributed by atoms with Crippen LogP contribution in [0.4, 0.5) is 4.79 Å². The Morgan fingerprint density at radius 1 is 0.966 bits per heavy atom. The van der Waals surface area contributed by atoms with Gasteiger partial charge in [-0.2, -0.15) is 0 Å². The van der Waals surface area contributed by atoms with Crippen LogP contribution in [0.3, 0.4) is 0 Å². The summed E-state index contributed by atoms with van der Waals surface area (Å²) in [5.41, 5.74) is 0.681. The molecule has 1 aliphatic heterocycles. The van der Waals surface area contributed by atoms with Crippen LogP contribution < -0.4 is 9.47 Å². The van der Waals surface area contributed by atoms with Crippen LogP contribution in [0.1, 0.15) is 39.2 Å². The molecule has 5 nitrogen and oxygen atoms in total. The Morgan fingerprint density at radius 2 is 1.62 bits per heavy atom. The van der Waals surface area contributed by atoms with Crippen LogP contribution in [-0.4, -0.2) is 36.3 Å². The molecule has 0 radical (unpaired) electrons. The Morgan fingerprint density at radius 3 is 2.28 bits per heavy atom. The standard InChI is InChI=1S/C24H31NO4/c1-24(2,3)29-23(26)25-14-12-20(13-15-25)18-28-22-11-7-10-21(16-22)27-17-19-8-5-4-6-9-19/h4-11,16,20H,12-15,17-18H2,1-3H3. The highest BCUT2D eigenvalue weighted by Gasteiger charge is 2.27. The van der Waals surface area contributed by atoms with E-state index in [4.69, 9.17) is 14.2 Å². The summed E-state index contributed by atoms with van der Waals surface area (Å²) in [6.45, 7) is 8.28. The lowest BCUT2D eigenvalue weighted by atomic mass is 9.98. The molecule has 5 heteroatoms. The van der Waals surface area contributed by atoms with Gasteiger partial charge < -0.3 is 19.1 Å². The number of nitrogens with zero attached hydrogens (tertiary/aromatic N) is 1. The summed E-state index contributed by atoms with van der Waals surface area (Å²) in [5, 5.41) is 0. The zero-order valence-electron chi connectivity index (χ0n) is 17.6. The maximum absolute atomic E-state index is 12.2. The molecule has 3 rings (SSSR count). The first-order valence-corrected chi connectivity index (χ1v) is 10.3. The summed E-state index contributed by atoms with van der Waals surface area (Å²) in [6.07, 6.45) is 1.62. The second kappa shape index (κ2) is 9.68. The number of hydrogen-bond donors (Lipinski definition) is 0. The normalized spacial score (nSPS) is 15.1. The average Bonchev–Trinajstić information content (AvgIpc) is 2.71. The molecule has 0 aromatic heterocycles. The van der Waals surface area contributed by atoms with Crippen LogP contribution in [0.5, 0.6) is 11.5 Å². The predicted octanol–water partition coefficient (Wildman–Crippen LogP) is 5.29. The zero-order valence-corrected chi connectivity index (χ0v) is 17.6. The fraction of sp³-hybridized carbons (Fsp3) is 0.458. The van der Waals surface area contributed by atoms with Crippen LogP contribution in [0, 0.1) is 5.92 Å². The lowest BCUT2D eigenvalue weighted by Gasteiger charge is -2.33. The molecular formula is C24H31NO4. The van der Waals surface area contributed by atoms with Gasteiger partial charge in [0.1, 0.15) is 23.7 Å². The molecule has 0 aliphatic carbocycles. The monoisotopic (exact) mass is 397 g/mol. The molecule has 0 unspecified atom stereocenters. The van der Waals surface area contributed by atoms with E-state index in [9.17, 15) is 4.79 Å². The third-order valence-electron chi connectivity index (χ3n) is 4.81. The minimum atomic E-state index is -0.454. The second-order valence-corrected chi connectivity index (χ2v) is 8.47. The van der Waals surface area contributed by atoms with E-state index in [1.165, 1.54) is 0 Å². The molecule has 1 fully saturated rings. The van der Waals surface area contributed by atoms with Crippen LogP contribution in [0.25, 0.3) is 0 Å². The van der Waals surface area contributed by atoms with E-state index < -0.39 is 5.60 Å². The number of amides is 1. The van der Waals surface area contributed by atoms with Crippen molar-refractivity contribution < 1.29 is 19.0 Å². The van der Waals surface area contributed by atoms with Crippen LogP contribution in [0.15, 0.2) is 54.6 Å². The SMILES string of the molecule is CC(C)(C)OC(=O)N1CCC(COc2cccc(OCc3ccccc3)c2)CC1. The van der Waals surface area contributed by atoms with E-state index >= 15 is 0 Å². The third-order valence-corrected chi connectivity index (χ3v) is 4.81. The second-order valence-electron chi connectivity index (χ2n) is 8.47. The van der Waals surface area contributed by atoms with Gasteiger partial charge in [0.25, 0.3) is 0 Å². The summed E-state index contributed by atoms with van der Waals surface area (Å²) >= 11 is 0. The number of ether oxygens (including phenoxy) is 3. The number of rotatable bonds is 6. The van der Waals surface area contributed by atoms with Crippen molar-refractivity contribution in [3.05, 3.63) is 60.2 Å². The third kappa shape index (κ3) is 7.00. The van der Waals surface area contributed by atoms with Crippen LogP contribution in [0.2, 0.25) is 0 Å². The molecule has 1 saturated heterocycles. The minimum Gasteiger partial charge on any atom is -0.493 e. The fourth-order valence-electron chi connectivity index (χ4n) is 3.22. The molecule has 0 N–H and O–H groups in total. The Labute approximate surface area is 173 Å². The molecule has 0 atom stereocenters. The van der Waals surface area contributed by atoms with Gasteiger partial charge in [0.05, 0.1) is 6.61 Å². The molecule has 0 bridgehead atoms. The molecule has 0 spiro atoms. The van der Waals surface area contributed by atoms with Gasteiger partial charge in [-0.15, -0.1) is 0 Å². The smallest absolute Gasteiger partial charge is 0.410 e. The van der Waals surface area contributed by atoms with Crippen LogP contribution in [-0.2, 0) is 11.3 Å². The van der Waals surface area contributed by atoms with Crippen LogP contribution >= 0.6 is 0 Å². The van der Waals surface area contributed by atoms with Crippen molar-refractivity contribution in [1.82, 2.24) is 4.90 Å². The molecule has 1 amide bonds. The molecule has 2 aromatic rings. The van der Waals surface area contributed by atoms with Gasteiger partial charge in [0.2, 0.25) is 0 Å². The lowest BCUT2D eigenvalue weighted by molar-refractivity contribution is 0.0165. The highest BCUT2D eigenvalue weighted by Crippen LogP contribution is 2.24. The quantitative estimate of drug-likeness (QED) is 0.664. The number of likely N-dealkylation sites (tertiary alicyclic amines) is 1. The van der Waals surface area contributed by atoms with E-state index in [1.807, 2.05) is 75.4 Å². The molecule has 2 aromatic carbocycles. The fourth-order valence-corrected chi connectivity index (χ4v) is 3.22. The largest absolute Gasteiger partial charge is 0.493 e. The van der Waals surface area contributed by atoms with Gasteiger partial charge in [0, 0.05) is 19.2 Å². The van der Waals surface area contributed by atoms with Gasteiger partial charge in [-0.3, -0.25) is 0 Å². The topological polar surface area (TPSA) is 48.0 Å². The highest BCUT2D eigenvalue weighted by molar-refractivity contribution is 5.68. The van der Waals surface area contributed by atoms with Gasteiger partial charge in [-0.1, -0.05) is 36.4 Å². The van der Waals surface area contributed by atoms with E-state index in [2.05, 4.69) is 0 Å². The lowest BCUT2D eigenvalue weighted by Crippen LogP contribution is -2.42. The van der Waals surface area contributed by atoms with Crippen molar-refractivity contribution in [2.45, 2.75) is 45.8 Å². The zero-order chi connectivity index (χ0) is 20.7. The van der Waals surface area contributed by atoms with Crippen molar-refractivity contribution in [2.24, 2.45) is 5.92 Å². The van der Waals surface area contributed by atoms with E-state index in [0.29, 0.717) is 32.2 Å². The van der Waals surface area contributed by atoms with Gasteiger partial charge in [-0.25, -0.2) is 4.79 Å². The molecule has 156 valence electrons. The Balaban J connectivity index is 1.42. The maximum Gasteiger partial charge on any atom is 0.410 e. The van der Waals surface area contributed by atoms with Crippen molar-refractivity contribution in [2.75, 3.05) is 19.7 Å². The van der Waals surface area contributed by atoms with Crippen molar-refractivity contribution in [3.63, 3.8) is 0 Å². The summed E-state index contributed by atoms with van der Waals surface area (Å²) in [5.74, 6) is 2.04. The highest BCUT2D eigenvalue weighted by atomic mass is 16.6. The molecular weight excluding hydrogens is 366 g/mol. The maximum atomic E-state index is 12.2. The minimum absolute atomic E-state index is 0.222. The van der Waals surface area contributed by atoms with Gasteiger partial charge >= 0.3 is 6.09 Å². The average molecular weight is 398 g/mol. The molecule has 1 heterocycles. The Kier molecular flexibility index (Phi) is 7.02. The number of piperidine rings is 1. The summed E-state index contributed by atoms with van der Waals surface area (Å²) < 4.78 is 17.3. The van der Waals surface area contributed by atoms with E-state index in [1.54, 1.807) is 4.90 Å². The first kappa shape index (κ1) is 21.0. The van der Waals surface area contributed by atoms with Crippen molar-refractivity contribution >= 4 is 6.09 Å². The Bertz CT molecular complexity index is 777. The predicted molar refractivity (Wildman–Crippen MR) is 113 cm³/mol. The molecule has 1 aliphatic rings. The number of carbonyl (C=O) groups is 1. The summed E-state index contributed by atoms with van der Waals surface area (Å²) in [4.78, 5) is 14.0. The number of hydrogen-bond acceptors (Lipinski definition) is 4. The van der Waals surface area contributed by atoms with Gasteiger partial charge in [-0.05, 0) is 57.2 Å². The number of benzene rings is 2. The van der Waals surface area contributed by atoms with E-state index in [0.717, 1.165) is 29.9 Å². The van der Waals surface area contributed by atoms with Crippen molar-refractivity contribution in [1.29, 1.82) is 0 Å².